The fraction of sp³-hybridized carbons (Fsp3) is 0.333. The molecule has 0 radical (unpaired) electrons. The number of nitrogens with two attached hydrogens (primary N) is 1. The van der Waals surface area contributed by atoms with Crippen LogP contribution in [0, 0.1) is 13.8 Å². The number of rotatable bonds is 5. The molecule has 0 amide bonds. The molecule has 2 N–H and O–H groups in total. The minimum absolute atomic E-state index is 0.0563. The molecule has 2 atom stereocenters. The molecule has 112 valence electrons. The summed E-state index contributed by atoms with van der Waals surface area (Å²) in [7, 11) is 0. The number of hydrogen-bond acceptors (Lipinski definition) is 2. The minimum Gasteiger partial charge on any atom is -0.327 e. The zero-order chi connectivity index (χ0) is 15.4. The number of aryl methyl sites for hydroxylation is 2. The normalized spacial score (nSPS) is 14.0. The molecule has 2 unspecified atom stereocenters. The first kappa shape index (κ1) is 16.4. The third-order valence-corrected chi connectivity index (χ3v) is 5.29. The first-order valence-electron chi connectivity index (χ1n) is 7.16. The van der Waals surface area contributed by atoms with Crippen molar-refractivity contribution in [2.24, 2.45) is 5.73 Å². The van der Waals surface area contributed by atoms with Crippen LogP contribution < -0.4 is 5.73 Å². The maximum Gasteiger partial charge on any atom is 0.0463 e. The van der Waals surface area contributed by atoms with Crippen LogP contribution in [0.1, 0.15) is 34.4 Å². The van der Waals surface area contributed by atoms with E-state index >= 15 is 0 Å². The van der Waals surface area contributed by atoms with Gasteiger partial charge in [0.2, 0.25) is 0 Å². The molecule has 2 aromatic rings. The molecule has 0 fully saturated rings. The fourth-order valence-electron chi connectivity index (χ4n) is 2.57. The van der Waals surface area contributed by atoms with E-state index in [2.05, 4.69) is 38.1 Å². The van der Waals surface area contributed by atoms with Gasteiger partial charge in [0.15, 0.2) is 0 Å². The predicted octanol–water partition coefficient (Wildman–Crippen LogP) is 5.28. The second-order valence-corrected chi connectivity index (χ2v) is 7.15. The Hall–Kier alpha value is -0.960. The molecule has 0 aliphatic carbocycles. The third kappa shape index (κ3) is 4.50. The van der Waals surface area contributed by atoms with Crippen LogP contribution in [-0.2, 0) is 5.75 Å². The van der Waals surface area contributed by atoms with Gasteiger partial charge < -0.3 is 5.73 Å². The summed E-state index contributed by atoms with van der Waals surface area (Å²) >= 11 is 8.18. The molecule has 0 aliphatic heterocycles. The summed E-state index contributed by atoms with van der Waals surface area (Å²) in [5.41, 5.74) is 11.3. The maximum absolute atomic E-state index is 6.33. The van der Waals surface area contributed by atoms with Crippen LogP contribution in [-0.4, -0.2) is 6.04 Å². The van der Waals surface area contributed by atoms with Crippen molar-refractivity contribution < 1.29 is 0 Å². The van der Waals surface area contributed by atoms with Crippen LogP contribution in [0.15, 0.2) is 42.5 Å². The fourth-order valence-corrected chi connectivity index (χ4v) is 4.11. The molecule has 0 heterocycles. The number of halogens is 1. The second-order valence-electron chi connectivity index (χ2n) is 5.61. The Kier molecular flexibility index (Phi) is 5.74. The van der Waals surface area contributed by atoms with Crippen LogP contribution >= 0.6 is 23.4 Å². The van der Waals surface area contributed by atoms with Gasteiger partial charge in [0.1, 0.15) is 0 Å². The summed E-state index contributed by atoms with van der Waals surface area (Å²) in [6, 6.07) is 14.7. The summed E-state index contributed by atoms with van der Waals surface area (Å²) in [5, 5.41) is 1.01. The van der Waals surface area contributed by atoms with Crippen molar-refractivity contribution in [2.45, 2.75) is 37.8 Å². The quantitative estimate of drug-likeness (QED) is 0.811. The van der Waals surface area contributed by atoms with Gasteiger partial charge in [-0.2, -0.15) is 0 Å². The summed E-state index contributed by atoms with van der Waals surface area (Å²) in [5.74, 6) is 0.944. The molecule has 2 rings (SSSR count). The molecule has 2 aromatic carbocycles. The SMILES string of the molecule is Cc1cc(C)cc(CSC(c2ccccc2Cl)C(C)N)c1. The Morgan fingerprint density at radius 2 is 1.71 bits per heavy atom. The molecule has 0 aromatic heterocycles. The van der Waals surface area contributed by atoms with Crippen molar-refractivity contribution in [3.63, 3.8) is 0 Å². The number of hydrogen-bond donors (Lipinski definition) is 1. The van der Waals surface area contributed by atoms with Gasteiger partial charge in [-0.25, -0.2) is 0 Å². The van der Waals surface area contributed by atoms with E-state index < -0.39 is 0 Å². The summed E-state index contributed by atoms with van der Waals surface area (Å²) in [6.07, 6.45) is 0. The van der Waals surface area contributed by atoms with Crippen molar-refractivity contribution in [2.75, 3.05) is 0 Å². The lowest BCUT2D eigenvalue weighted by atomic mass is 10.1. The lowest BCUT2D eigenvalue weighted by Gasteiger charge is -2.22. The van der Waals surface area contributed by atoms with Gasteiger partial charge in [-0.15, -0.1) is 11.8 Å². The van der Waals surface area contributed by atoms with E-state index in [9.17, 15) is 0 Å². The van der Waals surface area contributed by atoms with Crippen molar-refractivity contribution >= 4 is 23.4 Å². The molecular weight excluding hydrogens is 298 g/mol. The van der Waals surface area contributed by atoms with Crippen LogP contribution in [0.3, 0.4) is 0 Å². The highest BCUT2D eigenvalue weighted by Crippen LogP contribution is 2.37. The van der Waals surface area contributed by atoms with Gasteiger partial charge in [0, 0.05) is 22.1 Å². The summed E-state index contributed by atoms with van der Waals surface area (Å²) < 4.78 is 0. The van der Waals surface area contributed by atoms with Crippen molar-refractivity contribution in [1.82, 2.24) is 0 Å². The van der Waals surface area contributed by atoms with Gasteiger partial charge >= 0.3 is 0 Å². The Morgan fingerprint density at radius 1 is 1.10 bits per heavy atom. The minimum atomic E-state index is 0.0563. The molecule has 0 saturated heterocycles. The second kappa shape index (κ2) is 7.35. The topological polar surface area (TPSA) is 26.0 Å². The van der Waals surface area contributed by atoms with Gasteiger partial charge in [-0.3, -0.25) is 0 Å². The lowest BCUT2D eigenvalue weighted by Crippen LogP contribution is -2.23. The zero-order valence-electron chi connectivity index (χ0n) is 12.8. The molecule has 0 saturated carbocycles. The van der Waals surface area contributed by atoms with E-state index in [1.165, 1.54) is 16.7 Å². The third-order valence-electron chi connectivity index (χ3n) is 3.40. The molecular formula is C18H22ClNS. The van der Waals surface area contributed by atoms with E-state index in [0.717, 1.165) is 16.3 Å². The number of thioether (sulfide) groups is 1. The molecule has 21 heavy (non-hydrogen) atoms. The molecule has 1 nitrogen and oxygen atoms in total. The molecule has 0 spiro atoms. The average molecular weight is 320 g/mol. The number of benzene rings is 2. The van der Waals surface area contributed by atoms with Gasteiger partial charge in [-0.05, 0) is 38.0 Å². The van der Waals surface area contributed by atoms with Crippen LogP contribution in [0.4, 0.5) is 0 Å². The Labute approximate surface area is 136 Å². The standard InChI is InChI=1S/C18H22ClNS/c1-12-8-13(2)10-15(9-12)11-21-18(14(3)20)16-6-4-5-7-17(16)19/h4-10,14,18H,11,20H2,1-3H3. The van der Waals surface area contributed by atoms with E-state index in [-0.39, 0.29) is 11.3 Å². The van der Waals surface area contributed by atoms with E-state index in [1.807, 2.05) is 36.9 Å². The predicted molar refractivity (Wildman–Crippen MR) is 95.1 cm³/mol. The van der Waals surface area contributed by atoms with Crippen LogP contribution in [0.5, 0.6) is 0 Å². The van der Waals surface area contributed by atoms with Crippen LogP contribution in [0.25, 0.3) is 0 Å². The van der Waals surface area contributed by atoms with E-state index in [0.29, 0.717) is 0 Å². The highest BCUT2D eigenvalue weighted by Gasteiger charge is 2.19. The Bertz CT molecular complexity index is 590. The van der Waals surface area contributed by atoms with Crippen LogP contribution in [0.2, 0.25) is 5.02 Å². The summed E-state index contributed by atoms with van der Waals surface area (Å²) in [6.45, 7) is 6.32. The largest absolute Gasteiger partial charge is 0.327 e. The van der Waals surface area contributed by atoms with Gasteiger partial charge in [0.25, 0.3) is 0 Å². The molecule has 0 bridgehead atoms. The monoisotopic (exact) mass is 319 g/mol. The lowest BCUT2D eigenvalue weighted by molar-refractivity contribution is 0.721. The van der Waals surface area contributed by atoms with Crippen molar-refractivity contribution in [3.05, 3.63) is 69.7 Å². The molecule has 0 aliphatic rings. The molecule has 3 heteroatoms. The Balaban J connectivity index is 2.16. The first-order valence-corrected chi connectivity index (χ1v) is 8.59. The summed E-state index contributed by atoms with van der Waals surface area (Å²) in [4.78, 5) is 0. The zero-order valence-corrected chi connectivity index (χ0v) is 14.3. The highest BCUT2D eigenvalue weighted by molar-refractivity contribution is 7.98. The van der Waals surface area contributed by atoms with Gasteiger partial charge in [-0.1, -0.05) is 59.1 Å². The van der Waals surface area contributed by atoms with Crippen molar-refractivity contribution in [3.8, 4) is 0 Å². The van der Waals surface area contributed by atoms with Crippen molar-refractivity contribution in [1.29, 1.82) is 0 Å². The average Bonchev–Trinajstić information content (AvgIpc) is 2.39. The van der Waals surface area contributed by atoms with E-state index in [1.54, 1.807) is 0 Å². The van der Waals surface area contributed by atoms with Gasteiger partial charge in [0.05, 0.1) is 0 Å². The highest BCUT2D eigenvalue weighted by atomic mass is 35.5. The van der Waals surface area contributed by atoms with E-state index in [4.69, 9.17) is 17.3 Å². The first-order chi connectivity index (χ1) is 9.97. The smallest absolute Gasteiger partial charge is 0.0463 e. The maximum atomic E-state index is 6.33. The Morgan fingerprint density at radius 3 is 2.29 bits per heavy atom.